The molecule has 9 heteroatoms. The van der Waals surface area contributed by atoms with E-state index in [-0.39, 0.29) is 0 Å². The number of benzene rings is 1. The first-order chi connectivity index (χ1) is 16.4. The second-order valence-corrected chi connectivity index (χ2v) is 8.50. The summed E-state index contributed by atoms with van der Waals surface area (Å²) >= 11 is 1.48. The second kappa shape index (κ2) is 9.88. The van der Waals surface area contributed by atoms with Crippen LogP contribution in [0.5, 0.6) is 0 Å². The first-order valence-corrected chi connectivity index (χ1v) is 11.4. The molecule has 0 amide bonds. The normalized spacial score (nSPS) is 14.0. The predicted octanol–water partition coefficient (Wildman–Crippen LogP) is 4.53. The summed E-state index contributed by atoms with van der Waals surface area (Å²) < 4.78 is 10.1. The Balaban J connectivity index is 1.70. The maximum atomic E-state index is 12.7. The van der Waals surface area contributed by atoms with E-state index in [1.165, 1.54) is 25.6 Å². The molecule has 0 spiro atoms. The summed E-state index contributed by atoms with van der Waals surface area (Å²) in [5.41, 5.74) is 5.33. The Morgan fingerprint density at radius 1 is 1.00 bits per heavy atom. The van der Waals surface area contributed by atoms with Gasteiger partial charge in [-0.3, -0.25) is 4.98 Å². The van der Waals surface area contributed by atoms with Gasteiger partial charge in [-0.2, -0.15) is 0 Å². The summed E-state index contributed by atoms with van der Waals surface area (Å²) in [7, 11) is 2.65. The number of anilines is 2. The number of thiazole rings is 1. The zero-order valence-electron chi connectivity index (χ0n) is 19.2. The van der Waals surface area contributed by atoms with Crippen LogP contribution in [0.2, 0.25) is 0 Å². The minimum absolute atomic E-state index is 0.361. The van der Waals surface area contributed by atoms with Crippen molar-refractivity contribution >= 4 is 34.1 Å². The lowest BCUT2D eigenvalue weighted by Crippen LogP contribution is -2.32. The van der Waals surface area contributed by atoms with Gasteiger partial charge in [-0.25, -0.2) is 14.6 Å². The van der Waals surface area contributed by atoms with Crippen molar-refractivity contribution in [3.8, 4) is 11.3 Å². The minimum Gasteiger partial charge on any atom is -0.466 e. The first kappa shape index (κ1) is 23.2. The Labute approximate surface area is 201 Å². The highest BCUT2D eigenvalue weighted by molar-refractivity contribution is 7.14. The molecule has 1 aliphatic heterocycles. The van der Waals surface area contributed by atoms with E-state index in [1.807, 2.05) is 41.8 Å². The van der Waals surface area contributed by atoms with Crippen molar-refractivity contribution in [1.29, 1.82) is 0 Å². The van der Waals surface area contributed by atoms with Gasteiger partial charge in [0.15, 0.2) is 5.13 Å². The summed E-state index contributed by atoms with van der Waals surface area (Å²) in [6.45, 7) is 3.57. The summed E-state index contributed by atoms with van der Waals surface area (Å²) in [6, 6.07) is 11.4. The molecule has 1 aliphatic rings. The fraction of sp³-hybridized carbons (Fsp3) is 0.200. The predicted molar refractivity (Wildman–Crippen MR) is 130 cm³/mol. The van der Waals surface area contributed by atoms with E-state index in [1.54, 1.807) is 26.2 Å². The van der Waals surface area contributed by atoms with E-state index in [0.717, 1.165) is 22.5 Å². The van der Waals surface area contributed by atoms with Crippen LogP contribution in [0.1, 0.15) is 25.3 Å². The third kappa shape index (κ3) is 4.55. The largest absolute Gasteiger partial charge is 0.466 e. The van der Waals surface area contributed by atoms with Crippen LogP contribution >= 0.6 is 11.3 Å². The van der Waals surface area contributed by atoms with Gasteiger partial charge in [-0.05, 0) is 43.7 Å². The summed E-state index contributed by atoms with van der Waals surface area (Å²) in [4.78, 5) is 34.1. The third-order valence-electron chi connectivity index (χ3n) is 5.52. The number of pyridine rings is 1. The topological polar surface area (TPSA) is 102 Å². The Morgan fingerprint density at radius 3 is 2.26 bits per heavy atom. The van der Waals surface area contributed by atoms with Gasteiger partial charge in [-0.1, -0.05) is 12.1 Å². The lowest BCUT2D eigenvalue weighted by Gasteiger charge is -2.30. The van der Waals surface area contributed by atoms with Crippen LogP contribution < -0.4 is 10.6 Å². The van der Waals surface area contributed by atoms with Crippen LogP contribution in [-0.4, -0.2) is 36.1 Å². The van der Waals surface area contributed by atoms with Crippen molar-refractivity contribution < 1.29 is 19.1 Å². The van der Waals surface area contributed by atoms with Crippen molar-refractivity contribution in [2.45, 2.75) is 19.8 Å². The van der Waals surface area contributed by atoms with Crippen LogP contribution in [-0.2, 0) is 19.1 Å². The number of hydrogen-bond donors (Lipinski definition) is 2. The van der Waals surface area contributed by atoms with Gasteiger partial charge in [-0.15, -0.1) is 11.3 Å². The molecule has 34 heavy (non-hydrogen) atoms. The van der Waals surface area contributed by atoms with Crippen LogP contribution in [0.15, 0.2) is 76.7 Å². The van der Waals surface area contributed by atoms with E-state index in [2.05, 4.69) is 20.6 Å². The Kier molecular flexibility index (Phi) is 6.74. The molecule has 8 nitrogen and oxygen atoms in total. The molecule has 3 aromatic rings. The highest BCUT2D eigenvalue weighted by Crippen LogP contribution is 2.40. The van der Waals surface area contributed by atoms with E-state index in [4.69, 9.17) is 9.47 Å². The standard InChI is InChI=1S/C25H24N4O4S/c1-14-20(23(30)32-3)22(21(15(2)27-14)24(31)33-4)17-6-5-7-18(12-17)28-25-29-19(13-34-25)16-8-10-26-11-9-16/h5-13,22,27H,1-4H3,(H,28,29). The molecule has 2 N–H and O–H groups in total. The fourth-order valence-corrected chi connectivity index (χ4v) is 4.73. The molecule has 0 fully saturated rings. The number of carbonyl (C=O) groups excluding carboxylic acids is 2. The molecular weight excluding hydrogens is 452 g/mol. The number of rotatable bonds is 6. The number of methoxy groups -OCH3 is 2. The molecule has 174 valence electrons. The number of dihydropyridines is 1. The number of nitrogens with one attached hydrogen (secondary N) is 2. The molecule has 0 aliphatic carbocycles. The maximum Gasteiger partial charge on any atom is 0.336 e. The molecule has 2 aromatic heterocycles. The van der Waals surface area contributed by atoms with Gasteiger partial charge in [0.1, 0.15) is 0 Å². The lowest BCUT2D eigenvalue weighted by atomic mass is 9.80. The number of ether oxygens (including phenoxy) is 2. The van der Waals surface area contributed by atoms with Gasteiger partial charge >= 0.3 is 11.9 Å². The van der Waals surface area contributed by atoms with E-state index in [0.29, 0.717) is 27.7 Å². The SMILES string of the molecule is COC(=O)C1=C(C)NC(C)=C(C(=O)OC)C1c1cccc(Nc2nc(-c3ccncc3)cs2)c1. The Hall–Kier alpha value is -3.98. The summed E-state index contributed by atoms with van der Waals surface area (Å²) in [5, 5.41) is 9.12. The van der Waals surface area contributed by atoms with Gasteiger partial charge < -0.3 is 20.1 Å². The van der Waals surface area contributed by atoms with Crippen molar-refractivity contribution in [2.24, 2.45) is 0 Å². The average molecular weight is 477 g/mol. The smallest absolute Gasteiger partial charge is 0.336 e. The maximum absolute atomic E-state index is 12.7. The zero-order chi connectivity index (χ0) is 24.2. The van der Waals surface area contributed by atoms with Crippen LogP contribution in [0, 0.1) is 0 Å². The molecule has 0 atom stereocenters. The third-order valence-corrected chi connectivity index (χ3v) is 6.28. The number of allylic oxidation sites excluding steroid dienone is 2. The highest BCUT2D eigenvalue weighted by atomic mass is 32.1. The van der Waals surface area contributed by atoms with Crippen LogP contribution in [0.4, 0.5) is 10.8 Å². The Morgan fingerprint density at radius 2 is 1.65 bits per heavy atom. The number of aromatic nitrogens is 2. The molecule has 4 rings (SSSR count). The highest BCUT2D eigenvalue weighted by Gasteiger charge is 2.37. The molecule has 0 saturated heterocycles. The molecule has 1 aromatic carbocycles. The van der Waals surface area contributed by atoms with E-state index in [9.17, 15) is 9.59 Å². The number of esters is 2. The second-order valence-electron chi connectivity index (χ2n) is 7.64. The van der Waals surface area contributed by atoms with Crippen molar-refractivity contribution in [1.82, 2.24) is 15.3 Å². The fourth-order valence-electron chi connectivity index (χ4n) is 3.99. The minimum atomic E-state index is -0.647. The zero-order valence-corrected chi connectivity index (χ0v) is 20.0. The van der Waals surface area contributed by atoms with Crippen molar-refractivity contribution in [2.75, 3.05) is 19.5 Å². The van der Waals surface area contributed by atoms with Crippen molar-refractivity contribution in [3.05, 3.63) is 82.3 Å². The van der Waals surface area contributed by atoms with Gasteiger partial charge in [0.2, 0.25) is 0 Å². The molecule has 0 radical (unpaired) electrons. The quantitative estimate of drug-likeness (QED) is 0.501. The molecule has 3 heterocycles. The summed E-state index contributed by atoms with van der Waals surface area (Å²) in [5.74, 6) is -1.67. The van der Waals surface area contributed by atoms with Gasteiger partial charge in [0.25, 0.3) is 0 Å². The van der Waals surface area contributed by atoms with Gasteiger partial charge in [0, 0.05) is 40.4 Å². The molecule has 0 unspecified atom stereocenters. The first-order valence-electron chi connectivity index (χ1n) is 10.5. The van der Waals surface area contributed by atoms with Crippen molar-refractivity contribution in [3.63, 3.8) is 0 Å². The number of carbonyl (C=O) groups is 2. The Bertz CT molecular complexity index is 1260. The molecular formula is C25H24N4O4S. The van der Waals surface area contributed by atoms with E-state index < -0.39 is 17.9 Å². The monoisotopic (exact) mass is 476 g/mol. The van der Waals surface area contributed by atoms with Gasteiger partial charge in [0.05, 0.1) is 37.0 Å². The van der Waals surface area contributed by atoms with E-state index >= 15 is 0 Å². The molecule has 0 bridgehead atoms. The summed E-state index contributed by atoms with van der Waals surface area (Å²) in [6.07, 6.45) is 3.46. The lowest BCUT2D eigenvalue weighted by molar-refractivity contribution is -0.137. The molecule has 0 saturated carbocycles. The van der Waals surface area contributed by atoms with Crippen LogP contribution in [0.25, 0.3) is 11.3 Å². The number of hydrogen-bond acceptors (Lipinski definition) is 9. The number of nitrogens with zero attached hydrogens (tertiary/aromatic N) is 2. The average Bonchev–Trinajstić information content (AvgIpc) is 3.32. The van der Waals surface area contributed by atoms with Crippen LogP contribution in [0.3, 0.4) is 0 Å².